The molecule has 2 N–H and O–H groups in total. The molecule has 2 heterocycles. The second kappa shape index (κ2) is 6.33. The third-order valence-corrected chi connectivity index (χ3v) is 5.26. The maximum Gasteiger partial charge on any atom is 0.216 e. The molecule has 2 fully saturated rings. The Balaban J connectivity index is 0.00000144. The first-order valence-electron chi connectivity index (χ1n) is 5.93. The Bertz CT molecular complexity index is 322. The van der Waals surface area contributed by atoms with Crippen molar-refractivity contribution in [2.75, 3.05) is 25.4 Å². The van der Waals surface area contributed by atoms with Gasteiger partial charge >= 0.3 is 0 Å². The van der Waals surface area contributed by atoms with E-state index < -0.39 is 10.0 Å². The number of piperidine rings is 1. The normalized spacial score (nSPS) is 27.9. The van der Waals surface area contributed by atoms with Crippen molar-refractivity contribution in [3.8, 4) is 0 Å². The van der Waals surface area contributed by atoms with Crippen molar-refractivity contribution in [3.05, 3.63) is 0 Å². The van der Waals surface area contributed by atoms with Crippen LogP contribution >= 0.6 is 12.4 Å². The van der Waals surface area contributed by atoms with E-state index in [1.165, 1.54) is 0 Å². The highest BCUT2D eigenvalue weighted by atomic mass is 35.5. The fourth-order valence-electron chi connectivity index (χ4n) is 2.27. The van der Waals surface area contributed by atoms with E-state index in [4.69, 9.17) is 10.5 Å². The van der Waals surface area contributed by atoms with E-state index in [2.05, 4.69) is 0 Å². The first-order valence-corrected chi connectivity index (χ1v) is 7.54. The van der Waals surface area contributed by atoms with Crippen molar-refractivity contribution in [1.82, 2.24) is 4.31 Å². The van der Waals surface area contributed by atoms with Gasteiger partial charge in [0.1, 0.15) is 0 Å². The number of nitrogens with two attached hydrogens (primary N) is 1. The first kappa shape index (κ1) is 15.2. The Hall–Kier alpha value is 0.120. The van der Waals surface area contributed by atoms with Crippen LogP contribution in [0, 0.1) is 0 Å². The molecule has 0 aliphatic carbocycles. The highest BCUT2D eigenvalue weighted by Gasteiger charge is 2.30. The molecule has 5 nitrogen and oxygen atoms in total. The fourth-order valence-corrected chi connectivity index (χ4v) is 3.98. The summed E-state index contributed by atoms with van der Waals surface area (Å²) < 4.78 is 31.0. The Morgan fingerprint density at radius 1 is 1.24 bits per heavy atom. The molecule has 17 heavy (non-hydrogen) atoms. The summed E-state index contributed by atoms with van der Waals surface area (Å²) in [7, 11) is -3.14. The van der Waals surface area contributed by atoms with Gasteiger partial charge < -0.3 is 10.5 Å². The van der Waals surface area contributed by atoms with Gasteiger partial charge in [0, 0.05) is 25.7 Å². The Morgan fingerprint density at radius 2 is 1.88 bits per heavy atom. The summed E-state index contributed by atoms with van der Waals surface area (Å²) in [6.07, 6.45) is 3.29. The molecule has 7 heteroatoms. The van der Waals surface area contributed by atoms with E-state index >= 15 is 0 Å². The first-order chi connectivity index (χ1) is 7.58. The Kier molecular flexibility index (Phi) is 5.66. The summed E-state index contributed by atoms with van der Waals surface area (Å²) in [4.78, 5) is 0. The predicted octanol–water partition coefficient (Wildman–Crippen LogP) is 0.340. The van der Waals surface area contributed by atoms with E-state index in [0.29, 0.717) is 19.7 Å². The molecule has 102 valence electrons. The van der Waals surface area contributed by atoms with Crippen LogP contribution < -0.4 is 5.73 Å². The van der Waals surface area contributed by atoms with Crippen molar-refractivity contribution in [3.63, 3.8) is 0 Å². The van der Waals surface area contributed by atoms with Gasteiger partial charge in [-0.1, -0.05) is 0 Å². The summed E-state index contributed by atoms with van der Waals surface area (Å²) in [6.45, 7) is 1.83. The van der Waals surface area contributed by atoms with Gasteiger partial charge in [0.2, 0.25) is 10.0 Å². The number of ether oxygens (including phenoxy) is 1. The molecule has 0 aromatic heterocycles. The zero-order valence-corrected chi connectivity index (χ0v) is 11.5. The number of hydrogen-bond acceptors (Lipinski definition) is 4. The van der Waals surface area contributed by atoms with Crippen LogP contribution in [0.4, 0.5) is 0 Å². The van der Waals surface area contributed by atoms with E-state index in [0.717, 1.165) is 25.7 Å². The number of rotatable bonds is 3. The van der Waals surface area contributed by atoms with Crippen LogP contribution in [-0.4, -0.2) is 50.3 Å². The summed E-state index contributed by atoms with van der Waals surface area (Å²) in [5.74, 6) is 0.141. The van der Waals surface area contributed by atoms with Crippen molar-refractivity contribution >= 4 is 22.4 Å². The average Bonchev–Trinajstić information content (AvgIpc) is 2.70. The van der Waals surface area contributed by atoms with Gasteiger partial charge in [0.15, 0.2) is 0 Å². The molecule has 0 aromatic rings. The molecule has 0 amide bonds. The van der Waals surface area contributed by atoms with E-state index in [-0.39, 0.29) is 30.3 Å². The number of halogens is 1. The smallest absolute Gasteiger partial charge is 0.216 e. The highest BCUT2D eigenvalue weighted by molar-refractivity contribution is 7.89. The second-order valence-corrected chi connectivity index (χ2v) is 6.66. The van der Waals surface area contributed by atoms with E-state index in [1.807, 2.05) is 0 Å². The summed E-state index contributed by atoms with van der Waals surface area (Å²) in [6, 6.07) is 0.161. The number of sulfonamides is 1. The number of nitrogens with zero attached hydrogens (tertiary/aromatic N) is 1. The Morgan fingerprint density at radius 3 is 2.41 bits per heavy atom. The molecule has 2 saturated heterocycles. The van der Waals surface area contributed by atoms with Gasteiger partial charge in [-0.2, -0.15) is 0 Å². The predicted molar refractivity (Wildman–Crippen MR) is 68.8 cm³/mol. The van der Waals surface area contributed by atoms with Crippen LogP contribution in [0.1, 0.15) is 25.7 Å². The molecule has 2 aliphatic rings. The monoisotopic (exact) mass is 284 g/mol. The van der Waals surface area contributed by atoms with Crippen LogP contribution in [-0.2, 0) is 14.8 Å². The molecule has 0 saturated carbocycles. The molecule has 0 aromatic carbocycles. The van der Waals surface area contributed by atoms with Crippen LogP contribution in [0.5, 0.6) is 0 Å². The van der Waals surface area contributed by atoms with Gasteiger partial charge in [0.25, 0.3) is 0 Å². The Labute approximate surface area is 109 Å². The highest BCUT2D eigenvalue weighted by Crippen LogP contribution is 2.18. The third kappa shape index (κ3) is 4.06. The minimum Gasteiger partial charge on any atom is -0.377 e. The second-order valence-electron chi connectivity index (χ2n) is 4.65. The van der Waals surface area contributed by atoms with Crippen LogP contribution in [0.2, 0.25) is 0 Å². The molecule has 2 rings (SSSR count). The lowest BCUT2D eigenvalue weighted by Crippen LogP contribution is -2.45. The summed E-state index contributed by atoms with van der Waals surface area (Å²) in [5.41, 5.74) is 5.76. The molecular weight excluding hydrogens is 264 g/mol. The minimum atomic E-state index is -3.14. The third-order valence-electron chi connectivity index (χ3n) is 3.31. The van der Waals surface area contributed by atoms with Crippen molar-refractivity contribution < 1.29 is 13.2 Å². The molecule has 0 bridgehead atoms. The van der Waals surface area contributed by atoms with Gasteiger partial charge in [-0.25, -0.2) is 12.7 Å². The maximum atomic E-state index is 12.1. The number of hydrogen-bond donors (Lipinski definition) is 1. The lowest BCUT2D eigenvalue weighted by atomic mass is 10.1. The van der Waals surface area contributed by atoms with Crippen LogP contribution in [0.3, 0.4) is 0 Å². The van der Waals surface area contributed by atoms with E-state index in [9.17, 15) is 8.42 Å². The van der Waals surface area contributed by atoms with E-state index in [1.54, 1.807) is 4.31 Å². The molecule has 0 spiro atoms. The lowest BCUT2D eigenvalue weighted by molar-refractivity contribution is 0.126. The zero-order valence-electron chi connectivity index (χ0n) is 9.88. The average molecular weight is 285 g/mol. The SMILES string of the molecule is Cl.NC1CCN(S(=O)(=O)CC2CCCO2)CC1. The maximum absolute atomic E-state index is 12.1. The van der Waals surface area contributed by atoms with Crippen molar-refractivity contribution in [2.45, 2.75) is 37.8 Å². The van der Waals surface area contributed by atoms with Crippen LogP contribution in [0.15, 0.2) is 0 Å². The van der Waals surface area contributed by atoms with Crippen molar-refractivity contribution in [2.24, 2.45) is 5.73 Å². The van der Waals surface area contributed by atoms with Crippen LogP contribution in [0.25, 0.3) is 0 Å². The largest absolute Gasteiger partial charge is 0.377 e. The quantitative estimate of drug-likeness (QED) is 0.811. The molecule has 1 unspecified atom stereocenters. The standard InChI is InChI=1S/C10H20N2O3S.ClH/c11-9-3-5-12(6-4-9)16(13,14)8-10-2-1-7-15-10;/h9-10H,1-8,11H2;1H. The topological polar surface area (TPSA) is 72.6 Å². The molecule has 2 aliphatic heterocycles. The van der Waals surface area contributed by atoms with Gasteiger partial charge in [-0.05, 0) is 25.7 Å². The zero-order chi connectivity index (χ0) is 11.6. The summed E-state index contributed by atoms with van der Waals surface area (Å²) in [5, 5.41) is 0. The molecule has 0 radical (unpaired) electrons. The van der Waals surface area contributed by atoms with Gasteiger partial charge in [-0.15, -0.1) is 12.4 Å². The van der Waals surface area contributed by atoms with Gasteiger partial charge in [-0.3, -0.25) is 0 Å². The molecule has 1 atom stereocenters. The van der Waals surface area contributed by atoms with Crippen molar-refractivity contribution in [1.29, 1.82) is 0 Å². The fraction of sp³-hybridized carbons (Fsp3) is 1.00. The minimum absolute atomic E-state index is 0. The summed E-state index contributed by atoms with van der Waals surface area (Å²) >= 11 is 0. The lowest BCUT2D eigenvalue weighted by Gasteiger charge is -2.30. The molecular formula is C10H21ClN2O3S. The van der Waals surface area contributed by atoms with Gasteiger partial charge in [0.05, 0.1) is 11.9 Å².